The zero-order chi connectivity index (χ0) is 38.3. The van der Waals surface area contributed by atoms with Gasteiger partial charge in [-0.15, -0.1) is 0 Å². The predicted octanol–water partition coefficient (Wildman–Crippen LogP) is 13.7. The van der Waals surface area contributed by atoms with Gasteiger partial charge >= 0.3 is 0 Å². The summed E-state index contributed by atoms with van der Waals surface area (Å²) in [4.78, 5) is 4.69. The predicted molar refractivity (Wildman–Crippen MR) is 238 cm³/mol. The van der Waals surface area contributed by atoms with Gasteiger partial charge < -0.3 is 15.2 Å². The second-order valence-electron chi connectivity index (χ2n) is 11.9. The van der Waals surface area contributed by atoms with Crippen molar-refractivity contribution in [2.75, 3.05) is 24.2 Å². The number of nitrogens with zero attached hydrogens (tertiary/aromatic N) is 2. The molecule has 1 unspecified atom stereocenters. The molecule has 0 fully saturated rings. The van der Waals surface area contributed by atoms with Gasteiger partial charge in [-0.3, -0.25) is 0 Å². The van der Waals surface area contributed by atoms with Crippen molar-refractivity contribution in [3.05, 3.63) is 175 Å². The second kappa shape index (κ2) is 23.8. The Morgan fingerprint density at radius 3 is 1.98 bits per heavy atom. The van der Waals surface area contributed by atoms with Gasteiger partial charge in [0.1, 0.15) is 5.82 Å². The third-order valence-electron chi connectivity index (χ3n) is 8.61. The molecule has 5 aromatic rings. The summed E-state index contributed by atoms with van der Waals surface area (Å²) in [5.41, 5.74) is 8.46. The van der Waals surface area contributed by atoms with E-state index in [-0.39, 0.29) is 0 Å². The molecule has 276 valence electrons. The van der Waals surface area contributed by atoms with Crippen molar-refractivity contribution in [2.24, 2.45) is 5.92 Å². The van der Waals surface area contributed by atoms with E-state index in [1.807, 2.05) is 92.1 Å². The van der Waals surface area contributed by atoms with E-state index in [0.29, 0.717) is 12.5 Å². The van der Waals surface area contributed by atoms with Crippen LogP contribution in [0.2, 0.25) is 0 Å². The highest BCUT2D eigenvalue weighted by molar-refractivity contribution is 6.08. The van der Waals surface area contributed by atoms with E-state index in [2.05, 4.69) is 143 Å². The summed E-state index contributed by atoms with van der Waals surface area (Å²) in [6.45, 7) is 15.6. The molecule has 53 heavy (non-hydrogen) atoms. The molecule has 4 heteroatoms. The molecule has 2 aromatic heterocycles. The molecule has 2 N–H and O–H groups in total. The lowest BCUT2D eigenvalue weighted by Gasteiger charge is -2.26. The minimum Gasteiger partial charge on any atom is -0.377 e. The van der Waals surface area contributed by atoms with Gasteiger partial charge in [0.05, 0.1) is 5.69 Å². The van der Waals surface area contributed by atoms with Crippen molar-refractivity contribution in [3.8, 4) is 0 Å². The van der Waals surface area contributed by atoms with Crippen molar-refractivity contribution < 1.29 is 0 Å². The van der Waals surface area contributed by atoms with E-state index in [9.17, 15) is 0 Å². The number of fused-ring (bicyclic) bond motifs is 3. The Morgan fingerprint density at radius 2 is 1.38 bits per heavy atom. The fourth-order valence-electron chi connectivity index (χ4n) is 6.22. The number of pyridine rings is 1. The van der Waals surface area contributed by atoms with Gasteiger partial charge in [-0.05, 0) is 62.1 Å². The van der Waals surface area contributed by atoms with Crippen LogP contribution >= 0.6 is 0 Å². The normalized spacial score (nSPS) is 14.2. The van der Waals surface area contributed by atoms with Crippen molar-refractivity contribution in [1.29, 1.82) is 0 Å². The van der Waals surface area contributed by atoms with E-state index in [0.717, 1.165) is 24.5 Å². The first-order valence-corrected chi connectivity index (χ1v) is 19.2. The molecule has 0 bridgehead atoms. The Morgan fingerprint density at radius 1 is 0.774 bits per heavy atom. The molecule has 0 saturated carbocycles. The van der Waals surface area contributed by atoms with Gasteiger partial charge in [-0.2, -0.15) is 0 Å². The minimum absolute atomic E-state index is 0.313. The first-order chi connectivity index (χ1) is 26.2. The summed E-state index contributed by atoms with van der Waals surface area (Å²) in [7, 11) is 1.94. The summed E-state index contributed by atoms with van der Waals surface area (Å²) < 4.78 is 2.50. The third-order valence-corrected chi connectivity index (χ3v) is 8.61. The van der Waals surface area contributed by atoms with Crippen LogP contribution in [0.15, 0.2) is 164 Å². The fraction of sp³-hybridized carbons (Fsp3) is 0.245. The van der Waals surface area contributed by atoms with Crippen LogP contribution in [0.1, 0.15) is 66.0 Å². The molecule has 6 rings (SSSR count). The first kappa shape index (κ1) is 41.8. The number of nitrogens with one attached hydrogen (secondary N) is 2. The quantitative estimate of drug-likeness (QED) is 0.135. The summed E-state index contributed by atoms with van der Waals surface area (Å²) in [6.07, 6.45) is 28.3. The van der Waals surface area contributed by atoms with Crippen LogP contribution in [-0.4, -0.2) is 23.1 Å². The number of rotatable bonds is 11. The molecule has 0 saturated heterocycles. The Hall–Kier alpha value is -5.61. The van der Waals surface area contributed by atoms with Gasteiger partial charge in [0.2, 0.25) is 0 Å². The average molecular weight is 705 g/mol. The lowest BCUT2D eigenvalue weighted by Crippen LogP contribution is -2.16. The maximum Gasteiger partial charge on any atom is 0.149 e. The third kappa shape index (κ3) is 11.7. The zero-order valence-corrected chi connectivity index (χ0v) is 33.2. The molecule has 0 spiro atoms. The molecule has 2 heterocycles. The van der Waals surface area contributed by atoms with Gasteiger partial charge in [-0.25, -0.2) is 4.98 Å². The monoisotopic (exact) mass is 704 g/mol. The SMILES string of the molecule is C/C=C\C=C/C.CC.CC.C\C=C/C=C(\C=C\c1ccccc1)CNc1c(C2=CC=CCC2Cn2c3ccccc3c3ccccc32)ccnc1NC. The Labute approximate surface area is 319 Å². The molecule has 4 nitrogen and oxygen atoms in total. The molecule has 3 aromatic carbocycles. The van der Waals surface area contributed by atoms with Gasteiger partial charge in [-0.1, -0.05) is 167 Å². The second-order valence-corrected chi connectivity index (χ2v) is 11.9. The summed E-state index contributed by atoms with van der Waals surface area (Å²) in [6, 6.07) is 30.1. The summed E-state index contributed by atoms with van der Waals surface area (Å²) >= 11 is 0. The lowest BCUT2D eigenvalue weighted by molar-refractivity contribution is 0.569. The van der Waals surface area contributed by atoms with E-state index >= 15 is 0 Å². The highest BCUT2D eigenvalue weighted by Gasteiger charge is 2.23. The molecule has 0 radical (unpaired) electrons. The molecule has 1 aliphatic rings. The highest BCUT2D eigenvalue weighted by atomic mass is 15.0. The van der Waals surface area contributed by atoms with Crippen molar-refractivity contribution in [2.45, 2.75) is 61.4 Å². The topological polar surface area (TPSA) is 41.9 Å². The Kier molecular flexibility index (Phi) is 18.8. The van der Waals surface area contributed by atoms with E-state index in [1.54, 1.807) is 0 Å². The van der Waals surface area contributed by atoms with E-state index < -0.39 is 0 Å². The van der Waals surface area contributed by atoms with Crippen LogP contribution in [0.5, 0.6) is 0 Å². The van der Waals surface area contributed by atoms with Crippen molar-refractivity contribution >= 4 is 45.0 Å². The number of para-hydroxylation sites is 2. The smallest absolute Gasteiger partial charge is 0.149 e. The van der Waals surface area contributed by atoms with E-state index in [4.69, 9.17) is 4.98 Å². The maximum atomic E-state index is 4.69. The molecular weight excluding hydrogens is 645 g/mol. The lowest BCUT2D eigenvalue weighted by atomic mass is 9.86. The molecule has 1 atom stereocenters. The first-order valence-electron chi connectivity index (χ1n) is 19.2. The average Bonchev–Trinajstić information content (AvgIpc) is 3.55. The van der Waals surface area contributed by atoms with Crippen LogP contribution in [0.4, 0.5) is 11.5 Å². The Bertz CT molecular complexity index is 1970. The fourth-order valence-corrected chi connectivity index (χ4v) is 6.22. The van der Waals surface area contributed by atoms with Crippen LogP contribution in [-0.2, 0) is 6.54 Å². The maximum absolute atomic E-state index is 4.69. The van der Waals surface area contributed by atoms with Gasteiger partial charge in [0.25, 0.3) is 0 Å². The largest absolute Gasteiger partial charge is 0.377 e. The number of aromatic nitrogens is 2. The molecule has 0 aliphatic heterocycles. The number of benzene rings is 3. The zero-order valence-electron chi connectivity index (χ0n) is 33.2. The van der Waals surface area contributed by atoms with Gasteiger partial charge in [0.15, 0.2) is 0 Å². The minimum atomic E-state index is 0.313. The van der Waals surface area contributed by atoms with Crippen molar-refractivity contribution in [3.63, 3.8) is 0 Å². The summed E-state index contributed by atoms with van der Waals surface area (Å²) in [5.74, 6) is 1.16. The summed E-state index contributed by atoms with van der Waals surface area (Å²) in [5, 5.41) is 9.71. The van der Waals surface area contributed by atoms with Crippen LogP contribution in [0.3, 0.4) is 0 Å². The van der Waals surface area contributed by atoms with Gasteiger partial charge in [0, 0.05) is 59.6 Å². The van der Waals surface area contributed by atoms with E-state index in [1.165, 1.54) is 44.1 Å². The van der Waals surface area contributed by atoms with Crippen LogP contribution in [0.25, 0.3) is 33.5 Å². The molecule has 1 aliphatic carbocycles. The number of allylic oxidation sites excluding steroid dienone is 11. The Balaban J connectivity index is 0.000000680. The number of hydrogen-bond acceptors (Lipinski definition) is 3. The number of hydrogen-bond donors (Lipinski definition) is 2. The molecular formula is C49H60N4. The van der Waals surface area contributed by atoms with Crippen LogP contribution < -0.4 is 10.6 Å². The molecule has 0 amide bonds. The van der Waals surface area contributed by atoms with Crippen molar-refractivity contribution in [1.82, 2.24) is 9.55 Å². The standard InChI is InChI=1S/C39H38N4.C6H10.2C2H6/c1-3-4-14-30(24-23-29-15-6-5-7-16-29)27-42-38-35(25-26-41-39(38)40-2)32-18-9-8-17-31(32)28-43-36-21-12-10-19-33(36)34-20-11-13-22-37(34)43;1-3-5-6-4-2;2*1-2/h3-16,18-26,31,42H,17,27-28H2,1-2H3,(H,40,41);3-6H,1-2H3;2*1-2H3/b4-3-,24-23+,30-14+;5-3-,6-4-;;. The van der Waals surface area contributed by atoms with Crippen LogP contribution in [0, 0.1) is 5.92 Å². The number of anilines is 2. The highest BCUT2D eigenvalue weighted by Crippen LogP contribution is 2.39.